The molecule has 2 aromatic carbocycles. The van der Waals surface area contributed by atoms with E-state index in [2.05, 4.69) is 0 Å². The first-order valence-corrected chi connectivity index (χ1v) is 6.33. The van der Waals surface area contributed by atoms with Gasteiger partial charge in [0.2, 0.25) is 0 Å². The molecule has 0 aliphatic heterocycles. The van der Waals surface area contributed by atoms with Gasteiger partial charge in [-0.1, -0.05) is 29.8 Å². The minimum Gasteiger partial charge on any atom is -0.392 e. The maximum atomic E-state index is 13.9. The van der Waals surface area contributed by atoms with E-state index in [1.54, 1.807) is 12.1 Å². The molecule has 0 saturated carbocycles. The number of hydrogen-bond acceptors (Lipinski definition) is 2. The molecular formula is C15H15ClFNO. The average molecular weight is 280 g/mol. The van der Waals surface area contributed by atoms with Crippen LogP contribution in [-0.2, 0) is 13.2 Å². The number of halogens is 2. The number of aliphatic hydroxyl groups excluding tert-OH is 1. The topological polar surface area (TPSA) is 23.5 Å². The lowest BCUT2D eigenvalue weighted by Gasteiger charge is -2.20. The van der Waals surface area contributed by atoms with Gasteiger partial charge in [0.05, 0.1) is 12.3 Å². The minimum absolute atomic E-state index is 0.155. The lowest BCUT2D eigenvalue weighted by Crippen LogP contribution is -2.17. The molecule has 0 aromatic heterocycles. The van der Waals surface area contributed by atoms with Gasteiger partial charge in [0, 0.05) is 18.6 Å². The first-order chi connectivity index (χ1) is 9.10. The Morgan fingerprint density at radius 1 is 1.11 bits per heavy atom. The summed E-state index contributed by atoms with van der Waals surface area (Å²) in [6.07, 6.45) is 0. The molecule has 0 atom stereocenters. The number of nitrogens with zero attached hydrogens (tertiary/aromatic N) is 1. The molecule has 2 nitrogen and oxygen atoms in total. The predicted molar refractivity (Wildman–Crippen MR) is 75.9 cm³/mol. The van der Waals surface area contributed by atoms with Gasteiger partial charge in [-0.15, -0.1) is 0 Å². The minimum atomic E-state index is -0.331. The van der Waals surface area contributed by atoms with Crippen molar-refractivity contribution < 1.29 is 9.50 Å². The van der Waals surface area contributed by atoms with E-state index in [-0.39, 0.29) is 12.4 Å². The maximum Gasteiger partial charge on any atom is 0.146 e. The Morgan fingerprint density at radius 2 is 1.74 bits per heavy atom. The van der Waals surface area contributed by atoms with Crippen LogP contribution in [0.15, 0.2) is 42.5 Å². The van der Waals surface area contributed by atoms with Crippen molar-refractivity contribution in [1.29, 1.82) is 0 Å². The van der Waals surface area contributed by atoms with Gasteiger partial charge < -0.3 is 10.0 Å². The molecule has 2 aromatic rings. The highest BCUT2D eigenvalue weighted by atomic mass is 35.5. The Balaban J connectivity index is 2.15. The SMILES string of the molecule is CN(Cc1ccc(Cl)cc1)c1ccc(CO)cc1F. The van der Waals surface area contributed by atoms with Crippen LogP contribution in [-0.4, -0.2) is 12.2 Å². The Kier molecular flexibility index (Phi) is 4.40. The molecule has 0 aliphatic rings. The van der Waals surface area contributed by atoms with Crippen molar-refractivity contribution in [1.82, 2.24) is 0 Å². The smallest absolute Gasteiger partial charge is 0.146 e. The van der Waals surface area contributed by atoms with Crippen LogP contribution in [0.25, 0.3) is 0 Å². The number of aliphatic hydroxyl groups is 1. The highest BCUT2D eigenvalue weighted by Crippen LogP contribution is 2.21. The Hall–Kier alpha value is -1.58. The predicted octanol–water partition coefficient (Wildman–Crippen LogP) is 3.61. The summed E-state index contributed by atoms with van der Waals surface area (Å²) in [6, 6.07) is 12.2. The second-order valence-electron chi connectivity index (χ2n) is 4.43. The summed E-state index contributed by atoms with van der Waals surface area (Å²) >= 11 is 5.83. The molecule has 2 rings (SSSR count). The summed E-state index contributed by atoms with van der Waals surface area (Å²) in [7, 11) is 1.83. The first kappa shape index (κ1) is 13.8. The van der Waals surface area contributed by atoms with Gasteiger partial charge in [-0.25, -0.2) is 4.39 Å². The second-order valence-corrected chi connectivity index (χ2v) is 4.86. The van der Waals surface area contributed by atoms with Crippen molar-refractivity contribution in [2.24, 2.45) is 0 Å². The van der Waals surface area contributed by atoms with Crippen molar-refractivity contribution in [3.8, 4) is 0 Å². The molecule has 0 aliphatic carbocycles. The van der Waals surface area contributed by atoms with Crippen molar-refractivity contribution in [2.75, 3.05) is 11.9 Å². The monoisotopic (exact) mass is 279 g/mol. The number of anilines is 1. The van der Waals surface area contributed by atoms with E-state index in [0.29, 0.717) is 22.8 Å². The third-order valence-corrected chi connectivity index (χ3v) is 3.19. The summed E-state index contributed by atoms with van der Waals surface area (Å²) in [5.41, 5.74) is 2.13. The fourth-order valence-electron chi connectivity index (χ4n) is 1.91. The van der Waals surface area contributed by atoms with E-state index in [0.717, 1.165) is 5.56 Å². The van der Waals surface area contributed by atoms with E-state index >= 15 is 0 Å². The molecule has 0 spiro atoms. The Morgan fingerprint density at radius 3 is 2.32 bits per heavy atom. The molecule has 0 amide bonds. The summed E-state index contributed by atoms with van der Waals surface area (Å²) in [5.74, 6) is -0.331. The molecule has 0 fully saturated rings. The summed E-state index contributed by atoms with van der Waals surface area (Å²) in [6.45, 7) is 0.435. The maximum absolute atomic E-state index is 13.9. The van der Waals surface area contributed by atoms with Crippen molar-refractivity contribution >= 4 is 17.3 Å². The van der Waals surface area contributed by atoms with Gasteiger partial charge in [-0.3, -0.25) is 0 Å². The molecule has 1 N–H and O–H groups in total. The van der Waals surface area contributed by atoms with E-state index in [1.807, 2.05) is 36.2 Å². The van der Waals surface area contributed by atoms with E-state index < -0.39 is 0 Å². The van der Waals surface area contributed by atoms with Gasteiger partial charge in [-0.2, -0.15) is 0 Å². The van der Waals surface area contributed by atoms with Crippen LogP contribution >= 0.6 is 11.6 Å². The number of hydrogen-bond donors (Lipinski definition) is 1. The molecule has 19 heavy (non-hydrogen) atoms. The highest BCUT2D eigenvalue weighted by molar-refractivity contribution is 6.30. The fourth-order valence-corrected chi connectivity index (χ4v) is 2.03. The van der Waals surface area contributed by atoms with Crippen LogP contribution in [0.3, 0.4) is 0 Å². The third kappa shape index (κ3) is 3.46. The molecule has 4 heteroatoms. The normalized spacial score (nSPS) is 10.5. The zero-order valence-corrected chi connectivity index (χ0v) is 11.4. The molecule has 0 heterocycles. The summed E-state index contributed by atoms with van der Waals surface area (Å²) < 4.78 is 13.9. The van der Waals surface area contributed by atoms with E-state index in [4.69, 9.17) is 16.7 Å². The van der Waals surface area contributed by atoms with Gasteiger partial charge >= 0.3 is 0 Å². The fraction of sp³-hybridized carbons (Fsp3) is 0.200. The highest BCUT2D eigenvalue weighted by Gasteiger charge is 2.08. The quantitative estimate of drug-likeness (QED) is 0.924. The van der Waals surface area contributed by atoms with Crippen LogP contribution in [0.5, 0.6) is 0 Å². The molecule has 0 radical (unpaired) electrons. The standard InChI is InChI=1S/C15H15ClFNO/c1-18(9-11-2-5-13(16)6-3-11)15-7-4-12(10-19)8-14(15)17/h2-8,19H,9-10H2,1H3. The largest absolute Gasteiger partial charge is 0.392 e. The number of rotatable bonds is 4. The molecule has 100 valence electrons. The molecular weight excluding hydrogens is 265 g/mol. The van der Waals surface area contributed by atoms with Crippen LogP contribution in [0.4, 0.5) is 10.1 Å². The average Bonchev–Trinajstić information content (AvgIpc) is 2.41. The zero-order valence-electron chi connectivity index (χ0n) is 10.6. The van der Waals surface area contributed by atoms with Gasteiger partial charge in [0.1, 0.15) is 5.82 Å². The van der Waals surface area contributed by atoms with Crippen LogP contribution < -0.4 is 4.90 Å². The van der Waals surface area contributed by atoms with E-state index in [9.17, 15) is 4.39 Å². The lowest BCUT2D eigenvalue weighted by molar-refractivity contribution is 0.281. The number of benzene rings is 2. The van der Waals surface area contributed by atoms with Crippen molar-refractivity contribution in [2.45, 2.75) is 13.2 Å². The van der Waals surface area contributed by atoms with Gasteiger partial charge in [0.15, 0.2) is 0 Å². The van der Waals surface area contributed by atoms with Gasteiger partial charge in [-0.05, 0) is 35.4 Å². The van der Waals surface area contributed by atoms with Crippen LogP contribution in [0.2, 0.25) is 5.02 Å². The van der Waals surface area contributed by atoms with Crippen LogP contribution in [0.1, 0.15) is 11.1 Å². The molecule has 0 bridgehead atoms. The lowest BCUT2D eigenvalue weighted by atomic mass is 10.1. The van der Waals surface area contributed by atoms with Gasteiger partial charge in [0.25, 0.3) is 0 Å². The molecule has 0 saturated heterocycles. The second kappa shape index (κ2) is 6.04. The van der Waals surface area contributed by atoms with Crippen molar-refractivity contribution in [3.63, 3.8) is 0 Å². The Labute approximate surface area is 117 Å². The summed E-state index contributed by atoms with van der Waals surface area (Å²) in [5, 5.41) is 9.65. The third-order valence-electron chi connectivity index (χ3n) is 2.94. The van der Waals surface area contributed by atoms with Crippen LogP contribution in [0, 0.1) is 5.82 Å². The zero-order chi connectivity index (χ0) is 13.8. The summed E-state index contributed by atoms with van der Waals surface area (Å²) in [4.78, 5) is 1.82. The Bertz CT molecular complexity index is 557. The molecule has 0 unspecified atom stereocenters. The first-order valence-electron chi connectivity index (χ1n) is 5.95. The van der Waals surface area contributed by atoms with Crippen molar-refractivity contribution in [3.05, 3.63) is 64.4 Å². The van der Waals surface area contributed by atoms with E-state index in [1.165, 1.54) is 6.07 Å².